The van der Waals surface area contributed by atoms with E-state index in [0.717, 1.165) is 12.1 Å². The standard InChI is InChI=1S/C16H18F2N4O3S/c1-11-8-16(22-4-6-25-7-5-22)21-15(20-11)10-19-26(23,24)12-2-3-13(17)14(18)9-12/h2-3,8-9,19H,4-7,10H2,1H3. The lowest BCUT2D eigenvalue weighted by Crippen LogP contribution is -2.37. The number of benzene rings is 1. The first-order valence-electron chi connectivity index (χ1n) is 7.97. The van der Waals surface area contributed by atoms with Crippen molar-refractivity contribution < 1.29 is 21.9 Å². The van der Waals surface area contributed by atoms with Gasteiger partial charge in [-0.25, -0.2) is 31.9 Å². The Bertz CT molecular complexity index is 902. The van der Waals surface area contributed by atoms with Crippen molar-refractivity contribution in [3.63, 3.8) is 0 Å². The molecule has 0 radical (unpaired) electrons. The molecule has 1 aromatic heterocycles. The monoisotopic (exact) mass is 384 g/mol. The van der Waals surface area contributed by atoms with Gasteiger partial charge in [-0.2, -0.15) is 0 Å². The summed E-state index contributed by atoms with van der Waals surface area (Å²) in [6, 6.07) is 4.22. The maximum atomic E-state index is 13.3. The van der Waals surface area contributed by atoms with E-state index < -0.39 is 21.7 Å². The summed E-state index contributed by atoms with van der Waals surface area (Å²) in [6.07, 6.45) is 0. The average molecular weight is 384 g/mol. The average Bonchev–Trinajstić information content (AvgIpc) is 2.62. The summed E-state index contributed by atoms with van der Waals surface area (Å²) in [5, 5.41) is 0. The zero-order valence-electron chi connectivity index (χ0n) is 14.1. The lowest BCUT2D eigenvalue weighted by molar-refractivity contribution is 0.122. The van der Waals surface area contributed by atoms with Crippen LogP contribution in [0.3, 0.4) is 0 Å². The number of nitrogens with zero attached hydrogens (tertiary/aromatic N) is 3. The zero-order chi connectivity index (χ0) is 18.7. The van der Waals surface area contributed by atoms with Crippen molar-refractivity contribution in [2.75, 3.05) is 31.2 Å². The fraction of sp³-hybridized carbons (Fsp3) is 0.375. The highest BCUT2D eigenvalue weighted by molar-refractivity contribution is 7.89. The Balaban J connectivity index is 1.76. The Kier molecular flexibility index (Phi) is 5.44. The third-order valence-corrected chi connectivity index (χ3v) is 5.24. The molecular formula is C16H18F2N4O3S. The summed E-state index contributed by atoms with van der Waals surface area (Å²) in [4.78, 5) is 10.3. The van der Waals surface area contributed by atoms with Crippen LogP contribution in [0.2, 0.25) is 0 Å². The number of hydrogen-bond donors (Lipinski definition) is 1. The van der Waals surface area contributed by atoms with E-state index in [-0.39, 0.29) is 17.3 Å². The number of halogens is 2. The predicted molar refractivity (Wildman–Crippen MR) is 90.2 cm³/mol. The molecule has 1 aromatic carbocycles. The summed E-state index contributed by atoms with van der Waals surface area (Å²) in [5.74, 6) is -1.35. The molecule has 1 aliphatic heterocycles. The van der Waals surface area contributed by atoms with Crippen molar-refractivity contribution in [2.24, 2.45) is 0 Å². The third-order valence-electron chi connectivity index (χ3n) is 3.84. The van der Waals surface area contributed by atoms with Gasteiger partial charge in [-0.1, -0.05) is 0 Å². The van der Waals surface area contributed by atoms with Gasteiger partial charge in [0.05, 0.1) is 24.7 Å². The highest BCUT2D eigenvalue weighted by atomic mass is 32.2. The number of sulfonamides is 1. The SMILES string of the molecule is Cc1cc(N2CCOCC2)nc(CNS(=O)(=O)c2ccc(F)c(F)c2)n1. The van der Waals surface area contributed by atoms with Gasteiger partial charge in [0.2, 0.25) is 10.0 Å². The first-order chi connectivity index (χ1) is 12.3. The van der Waals surface area contributed by atoms with Crippen LogP contribution in [0.25, 0.3) is 0 Å². The summed E-state index contributed by atoms with van der Waals surface area (Å²) in [7, 11) is -4.02. The number of hydrogen-bond acceptors (Lipinski definition) is 6. The number of rotatable bonds is 5. The minimum absolute atomic E-state index is 0.166. The molecule has 140 valence electrons. The third kappa shape index (κ3) is 4.32. The van der Waals surface area contributed by atoms with Gasteiger partial charge in [0, 0.05) is 24.8 Å². The number of morpholine rings is 1. The second kappa shape index (κ2) is 7.60. The van der Waals surface area contributed by atoms with Gasteiger partial charge in [0.25, 0.3) is 0 Å². The van der Waals surface area contributed by atoms with Crippen molar-refractivity contribution in [1.29, 1.82) is 0 Å². The van der Waals surface area contributed by atoms with Gasteiger partial charge in [0.1, 0.15) is 11.6 Å². The van der Waals surface area contributed by atoms with Crippen molar-refractivity contribution in [1.82, 2.24) is 14.7 Å². The molecule has 1 aliphatic rings. The molecule has 3 rings (SSSR count). The van der Waals surface area contributed by atoms with Crippen molar-refractivity contribution in [3.8, 4) is 0 Å². The second-order valence-corrected chi connectivity index (χ2v) is 7.55. The van der Waals surface area contributed by atoms with Gasteiger partial charge < -0.3 is 9.64 Å². The van der Waals surface area contributed by atoms with Gasteiger partial charge >= 0.3 is 0 Å². The van der Waals surface area contributed by atoms with Crippen LogP contribution in [0.4, 0.5) is 14.6 Å². The van der Waals surface area contributed by atoms with Crippen molar-refractivity contribution in [2.45, 2.75) is 18.4 Å². The van der Waals surface area contributed by atoms with E-state index in [9.17, 15) is 17.2 Å². The van der Waals surface area contributed by atoms with E-state index in [1.807, 2.05) is 11.0 Å². The van der Waals surface area contributed by atoms with Crippen LogP contribution in [0.15, 0.2) is 29.2 Å². The van der Waals surface area contributed by atoms with E-state index in [0.29, 0.717) is 43.9 Å². The maximum Gasteiger partial charge on any atom is 0.241 e. The van der Waals surface area contributed by atoms with Crippen molar-refractivity contribution >= 4 is 15.8 Å². The quantitative estimate of drug-likeness (QED) is 0.839. The largest absolute Gasteiger partial charge is 0.378 e. The number of aromatic nitrogens is 2. The van der Waals surface area contributed by atoms with E-state index in [1.165, 1.54) is 0 Å². The number of aryl methyl sites for hydroxylation is 1. The van der Waals surface area contributed by atoms with Gasteiger partial charge in [-0.05, 0) is 25.1 Å². The zero-order valence-corrected chi connectivity index (χ0v) is 14.9. The van der Waals surface area contributed by atoms with Gasteiger partial charge in [0.15, 0.2) is 11.6 Å². The van der Waals surface area contributed by atoms with E-state index in [1.54, 1.807) is 6.92 Å². The minimum Gasteiger partial charge on any atom is -0.378 e. The Labute approximate surface area is 150 Å². The molecule has 0 unspecified atom stereocenters. The Morgan fingerprint density at radius 3 is 2.58 bits per heavy atom. The Morgan fingerprint density at radius 2 is 1.88 bits per heavy atom. The van der Waals surface area contributed by atoms with Crippen LogP contribution in [0, 0.1) is 18.6 Å². The van der Waals surface area contributed by atoms with Crippen LogP contribution >= 0.6 is 0 Å². The molecule has 1 fully saturated rings. The van der Waals surface area contributed by atoms with Crippen LogP contribution in [0.5, 0.6) is 0 Å². The van der Waals surface area contributed by atoms with E-state index in [2.05, 4.69) is 14.7 Å². The molecule has 0 atom stereocenters. The molecule has 10 heteroatoms. The number of ether oxygens (including phenoxy) is 1. The van der Waals surface area contributed by atoms with E-state index in [4.69, 9.17) is 4.74 Å². The molecule has 26 heavy (non-hydrogen) atoms. The molecule has 1 N–H and O–H groups in total. The number of anilines is 1. The molecule has 2 aromatic rings. The van der Waals surface area contributed by atoms with Crippen LogP contribution in [0.1, 0.15) is 11.5 Å². The minimum atomic E-state index is -4.02. The Hall–Kier alpha value is -2.17. The van der Waals surface area contributed by atoms with Crippen LogP contribution in [-0.2, 0) is 21.3 Å². The van der Waals surface area contributed by atoms with Crippen molar-refractivity contribution in [3.05, 3.63) is 47.4 Å². The van der Waals surface area contributed by atoms with Crippen LogP contribution < -0.4 is 9.62 Å². The molecule has 0 bridgehead atoms. The molecule has 0 saturated carbocycles. The van der Waals surface area contributed by atoms with Gasteiger partial charge in [-0.3, -0.25) is 0 Å². The number of nitrogens with one attached hydrogen (secondary N) is 1. The van der Waals surface area contributed by atoms with Crippen LogP contribution in [-0.4, -0.2) is 44.7 Å². The lowest BCUT2D eigenvalue weighted by Gasteiger charge is -2.28. The highest BCUT2D eigenvalue weighted by Crippen LogP contribution is 2.16. The molecule has 2 heterocycles. The first kappa shape index (κ1) is 18.6. The predicted octanol–water partition coefficient (Wildman–Crippen LogP) is 1.38. The summed E-state index contributed by atoms with van der Waals surface area (Å²) in [5.41, 5.74) is 0.698. The fourth-order valence-electron chi connectivity index (χ4n) is 2.53. The second-order valence-electron chi connectivity index (χ2n) is 5.78. The molecular weight excluding hydrogens is 366 g/mol. The highest BCUT2D eigenvalue weighted by Gasteiger charge is 2.18. The summed E-state index contributed by atoms with van der Waals surface area (Å²) >= 11 is 0. The topological polar surface area (TPSA) is 84.4 Å². The molecule has 0 aliphatic carbocycles. The maximum absolute atomic E-state index is 13.3. The Morgan fingerprint density at radius 1 is 1.15 bits per heavy atom. The molecule has 7 nitrogen and oxygen atoms in total. The molecule has 1 saturated heterocycles. The van der Waals surface area contributed by atoms with Gasteiger partial charge in [-0.15, -0.1) is 0 Å². The first-order valence-corrected chi connectivity index (χ1v) is 9.45. The van der Waals surface area contributed by atoms with E-state index >= 15 is 0 Å². The summed E-state index contributed by atoms with van der Waals surface area (Å²) < 4.78 is 58.4. The molecule has 0 spiro atoms. The lowest BCUT2D eigenvalue weighted by atomic mass is 10.3. The normalized spacial score (nSPS) is 15.3. The fourth-order valence-corrected chi connectivity index (χ4v) is 3.52. The smallest absolute Gasteiger partial charge is 0.241 e. The summed E-state index contributed by atoms with van der Waals surface area (Å²) in [6.45, 7) is 4.20. The molecule has 0 amide bonds.